The van der Waals surface area contributed by atoms with Crippen molar-refractivity contribution < 1.29 is 9.53 Å². The maximum atomic E-state index is 11.5. The smallest absolute Gasteiger partial charge is 0.237 e. The van der Waals surface area contributed by atoms with Crippen molar-refractivity contribution in [2.75, 3.05) is 13.2 Å². The first-order valence-electron chi connectivity index (χ1n) is 6.76. The summed E-state index contributed by atoms with van der Waals surface area (Å²) in [6.45, 7) is 5.06. The number of nitrogens with two attached hydrogens (primary N) is 1. The van der Waals surface area contributed by atoms with Crippen LogP contribution in [-0.4, -0.2) is 31.2 Å². The zero-order valence-electron chi connectivity index (χ0n) is 11.5. The van der Waals surface area contributed by atoms with Crippen molar-refractivity contribution in [2.45, 2.75) is 58.1 Å². The second kappa shape index (κ2) is 9.59. The molecule has 0 aromatic rings. The molecule has 0 bridgehead atoms. The highest BCUT2D eigenvalue weighted by Crippen LogP contribution is 2.19. The van der Waals surface area contributed by atoms with Gasteiger partial charge in [0.15, 0.2) is 0 Å². The third-order valence-corrected chi connectivity index (χ3v) is 3.33. The highest BCUT2D eigenvalue weighted by molar-refractivity contribution is 5.85. The van der Waals surface area contributed by atoms with Gasteiger partial charge in [-0.3, -0.25) is 4.79 Å². The topological polar surface area (TPSA) is 64.4 Å². The van der Waals surface area contributed by atoms with Gasteiger partial charge in [-0.1, -0.05) is 33.1 Å². The van der Waals surface area contributed by atoms with E-state index in [1.807, 2.05) is 13.8 Å². The summed E-state index contributed by atoms with van der Waals surface area (Å²) < 4.78 is 5.72. The van der Waals surface area contributed by atoms with Crippen molar-refractivity contribution in [3.63, 3.8) is 0 Å². The summed E-state index contributed by atoms with van der Waals surface area (Å²) >= 11 is 0. The molecule has 0 saturated heterocycles. The molecule has 0 radical (unpaired) electrons. The second-order valence-corrected chi connectivity index (χ2v) is 5.19. The van der Waals surface area contributed by atoms with E-state index in [1.54, 1.807) is 0 Å². The molecule has 0 aromatic heterocycles. The van der Waals surface area contributed by atoms with Crippen molar-refractivity contribution in [3.05, 3.63) is 0 Å². The summed E-state index contributed by atoms with van der Waals surface area (Å²) in [5.74, 6) is 0.0986. The predicted molar refractivity (Wildman–Crippen MR) is 75.9 cm³/mol. The molecule has 1 fully saturated rings. The molecule has 0 aromatic carbocycles. The minimum absolute atomic E-state index is 0. The lowest BCUT2D eigenvalue weighted by molar-refractivity contribution is -0.123. The SMILES string of the molecule is CC(C)[C@H](N)C(=O)NCCOC1CCCCC1.Cl. The molecular weight excluding hydrogens is 252 g/mol. The highest BCUT2D eigenvalue weighted by Gasteiger charge is 2.17. The number of halogens is 1. The van der Waals surface area contributed by atoms with E-state index in [-0.39, 0.29) is 24.2 Å². The molecule has 1 amide bonds. The van der Waals surface area contributed by atoms with E-state index in [9.17, 15) is 4.79 Å². The van der Waals surface area contributed by atoms with E-state index >= 15 is 0 Å². The van der Waals surface area contributed by atoms with Gasteiger partial charge in [0.1, 0.15) is 0 Å². The molecule has 3 N–H and O–H groups in total. The van der Waals surface area contributed by atoms with Crippen LogP contribution >= 0.6 is 12.4 Å². The van der Waals surface area contributed by atoms with Crippen molar-refractivity contribution in [1.29, 1.82) is 0 Å². The Morgan fingerprint density at radius 1 is 1.33 bits per heavy atom. The van der Waals surface area contributed by atoms with Crippen LogP contribution in [0.2, 0.25) is 0 Å². The number of nitrogens with one attached hydrogen (secondary N) is 1. The Morgan fingerprint density at radius 2 is 1.94 bits per heavy atom. The minimum Gasteiger partial charge on any atom is -0.376 e. The monoisotopic (exact) mass is 278 g/mol. The number of rotatable bonds is 6. The predicted octanol–water partition coefficient (Wildman–Crippen LogP) is 1.86. The van der Waals surface area contributed by atoms with Gasteiger partial charge in [-0.05, 0) is 18.8 Å². The number of carbonyl (C=O) groups excluding carboxylic acids is 1. The molecule has 0 spiro atoms. The van der Waals surface area contributed by atoms with Crippen molar-refractivity contribution in [1.82, 2.24) is 5.32 Å². The van der Waals surface area contributed by atoms with Crippen LogP contribution in [-0.2, 0) is 9.53 Å². The minimum atomic E-state index is -0.412. The van der Waals surface area contributed by atoms with E-state index in [0.29, 0.717) is 19.3 Å². The Bertz CT molecular complexity index is 231. The second-order valence-electron chi connectivity index (χ2n) is 5.19. The van der Waals surface area contributed by atoms with Gasteiger partial charge in [-0.25, -0.2) is 0 Å². The zero-order valence-corrected chi connectivity index (χ0v) is 12.3. The molecule has 18 heavy (non-hydrogen) atoms. The van der Waals surface area contributed by atoms with Crippen molar-refractivity contribution >= 4 is 18.3 Å². The van der Waals surface area contributed by atoms with Crippen LogP contribution in [0.3, 0.4) is 0 Å². The maximum Gasteiger partial charge on any atom is 0.237 e. The lowest BCUT2D eigenvalue weighted by Gasteiger charge is -2.22. The maximum absolute atomic E-state index is 11.5. The summed E-state index contributed by atoms with van der Waals surface area (Å²) in [5.41, 5.74) is 5.73. The van der Waals surface area contributed by atoms with Gasteiger partial charge in [0.05, 0.1) is 18.8 Å². The summed E-state index contributed by atoms with van der Waals surface area (Å²) in [6.07, 6.45) is 6.61. The fourth-order valence-corrected chi connectivity index (χ4v) is 2.05. The average molecular weight is 279 g/mol. The van der Waals surface area contributed by atoms with E-state index in [4.69, 9.17) is 10.5 Å². The number of hydrogen-bond donors (Lipinski definition) is 2. The van der Waals surface area contributed by atoms with Gasteiger partial charge in [-0.15, -0.1) is 12.4 Å². The Labute approximate surface area is 116 Å². The van der Waals surface area contributed by atoms with Crippen LogP contribution < -0.4 is 11.1 Å². The van der Waals surface area contributed by atoms with Crippen LogP contribution in [0.5, 0.6) is 0 Å². The van der Waals surface area contributed by atoms with Gasteiger partial charge in [0, 0.05) is 6.54 Å². The molecule has 0 unspecified atom stereocenters. The van der Waals surface area contributed by atoms with E-state index in [0.717, 1.165) is 0 Å². The fraction of sp³-hybridized carbons (Fsp3) is 0.923. The molecule has 0 heterocycles. The van der Waals surface area contributed by atoms with E-state index in [1.165, 1.54) is 32.1 Å². The fourth-order valence-electron chi connectivity index (χ4n) is 2.05. The summed E-state index contributed by atoms with van der Waals surface area (Å²) in [6, 6.07) is -0.412. The molecule has 108 valence electrons. The Hall–Kier alpha value is -0.320. The summed E-state index contributed by atoms with van der Waals surface area (Å²) in [5, 5.41) is 2.81. The van der Waals surface area contributed by atoms with Crippen molar-refractivity contribution in [3.8, 4) is 0 Å². The number of ether oxygens (including phenoxy) is 1. The quantitative estimate of drug-likeness (QED) is 0.729. The third kappa shape index (κ3) is 6.57. The molecular formula is C13H27ClN2O2. The normalized spacial score (nSPS) is 18.2. The highest BCUT2D eigenvalue weighted by atomic mass is 35.5. The molecule has 4 nitrogen and oxygen atoms in total. The summed E-state index contributed by atoms with van der Waals surface area (Å²) in [7, 11) is 0. The van der Waals surface area contributed by atoms with Gasteiger partial charge >= 0.3 is 0 Å². The zero-order chi connectivity index (χ0) is 12.7. The Balaban J connectivity index is 0.00000289. The molecule has 1 aliphatic carbocycles. The number of amides is 1. The number of hydrogen-bond acceptors (Lipinski definition) is 3. The van der Waals surface area contributed by atoms with Crippen molar-refractivity contribution in [2.24, 2.45) is 11.7 Å². The summed E-state index contributed by atoms with van der Waals surface area (Å²) in [4.78, 5) is 11.5. The molecule has 0 aliphatic heterocycles. The van der Waals surface area contributed by atoms with Crippen LogP contribution in [0.1, 0.15) is 46.0 Å². The van der Waals surface area contributed by atoms with E-state index < -0.39 is 6.04 Å². The van der Waals surface area contributed by atoms with E-state index in [2.05, 4.69) is 5.32 Å². The standard InChI is InChI=1S/C13H26N2O2.ClH/c1-10(2)12(14)13(16)15-8-9-17-11-6-4-3-5-7-11;/h10-12H,3-9,14H2,1-2H3,(H,15,16);1H/t12-;/m0./s1. The van der Waals surface area contributed by atoms with Gasteiger partial charge in [-0.2, -0.15) is 0 Å². The Morgan fingerprint density at radius 3 is 2.50 bits per heavy atom. The third-order valence-electron chi connectivity index (χ3n) is 3.33. The lowest BCUT2D eigenvalue weighted by atomic mass is 9.98. The first-order valence-corrected chi connectivity index (χ1v) is 6.76. The average Bonchev–Trinajstić information content (AvgIpc) is 2.34. The van der Waals surface area contributed by atoms with Crippen LogP contribution in [0, 0.1) is 5.92 Å². The van der Waals surface area contributed by atoms with Gasteiger partial charge in [0.25, 0.3) is 0 Å². The van der Waals surface area contributed by atoms with Crippen LogP contribution in [0.15, 0.2) is 0 Å². The first-order chi connectivity index (χ1) is 8.11. The largest absolute Gasteiger partial charge is 0.376 e. The molecule has 1 rings (SSSR count). The van der Waals surface area contributed by atoms with Crippen LogP contribution in [0.25, 0.3) is 0 Å². The molecule has 1 aliphatic rings. The van der Waals surface area contributed by atoms with Gasteiger partial charge < -0.3 is 15.8 Å². The molecule has 1 saturated carbocycles. The van der Waals surface area contributed by atoms with Gasteiger partial charge in [0.2, 0.25) is 5.91 Å². The Kier molecular flexibility index (Phi) is 9.42. The molecule has 5 heteroatoms. The first kappa shape index (κ1) is 17.7. The van der Waals surface area contributed by atoms with Crippen LogP contribution in [0.4, 0.5) is 0 Å². The number of carbonyl (C=O) groups is 1. The molecule has 1 atom stereocenters. The lowest BCUT2D eigenvalue weighted by Crippen LogP contribution is -2.45.